The summed E-state index contributed by atoms with van der Waals surface area (Å²) < 4.78 is 37.1. The van der Waals surface area contributed by atoms with E-state index in [2.05, 4.69) is 15.5 Å². The summed E-state index contributed by atoms with van der Waals surface area (Å²) in [6.07, 6.45) is 1.50. The first-order valence-electron chi connectivity index (χ1n) is 6.78. The second kappa shape index (κ2) is 6.83. The number of hydrogen-bond donors (Lipinski definition) is 1. The number of thioether (sulfide) groups is 1. The maximum Gasteiger partial charge on any atom is 0.277 e. The van der Waals surface area contributed by atoms with Gasteiger partial charge in [-0.2, -0.15) is 0 Å². The molecule has 6 nitrogen and oxygen atoms in total. The van der Waals surface area contributed by atoms with Crippen molar-refractivity contribution in [3.63, 3.8) is 0 Å². The first kappa shape index (κ1) is 16.2. The molecule has 0 spiro atoms. The van der Waals surface area contributed by atoms with Gasteiger partial charge in [-0.1, -0.05) is 11.8 Å². The van der Waals surface area contributed by atoms with Crippen molar-refractivity contribution in [1.29, 1.82) is 0 Å². The zero-order chi connectivity index (χ0) is 17.1. The molecule has 0 aliphatic carbocycles. The van der Waals surface area contributed by atoms with E-state index in [0.29, 0.717) is 11.3 Å². The zero-order valence-electron chi connectivity index (χ0n) is 12.4. The number of nitrogens with zero attached hydrogens (tertiary/aromatic N) is 2. The monoisotopic (exact) mass is 351 g/mol. The summed E-state index contributed by atoms with van der Waals surface area (Å²) in [5, 5.41) is 10.1. The lowest BCUT2D eigenvalue weighted by atomic mass is 10.3. The van der Waals surface area contributed by atoms with Crippen molar-refractivity contribution in [1.82, 2.24) is 10.2 Å². The highest BCUT2D eigenvalue weighted by Crippen LogP contribution is 2.26. The minimum Gasteiger partial charge on any atom is -0.469 e. The first-order chi connectivity index (χ1) is 11.5. The number of carbonyl (C=O) groups is 1. The quantitative estimate of drug-likeness (QED) is 0.707. The maximum absolute atomic E-state index is 13.5. The van der Waals surface area contributed by atoms with E-state index in [-0.39, 0.29) is 22.6 Å². The number of benzene rings is 1. The van der Waals surface area contributed by atoms with Crippen molar-refractivity contribution in [2.24, 2.45) is 0 Å². The van der Waals surface area contributed by atoms with E-state index in [1.54, 1.807) is 13.0 Å². The summed E-state index contributed by atoms with van der Waals surface area (Å²) in [7, 11) is 0. The van der Waals surface area contributed by atoms with Gasteiger partial charge < -0.3 is 14.2 Å². The Labute approximate surface area is 139 Å². The van der Waals surface area contributed by atoms with E-state index in [9.17, 15) is 13.6 Å². The average Bonchev–Trinajstić information content (AvgIpc) is 3.17. The van der Waals surface area contributed by atoms with Crippen molar-refractivity contribution < 1.29 is 22.4 Å². The highest BCUT2D eigenvalue weighted by atomic mass is 32.2. The van der Waals surface area contributed by atoms with Crippen LogP contribution in [0.25, 0.3) is 11.5 Å². The Balaban J connectivity index is 1.60. The predicted molar refractivity (Wildman–Crippen MR) is 82.4 cm³/mol. The topological polar surface area (TPSA) is 81.2 Å². The molecule has 3 rings (SSSR count). The number of rotatable bonds is 5. The molecule has 0 unspecified atom stereocenters. The third-order valence-corrected chi connectivity index (χ3v) is 3.84. The van der Waals surface area contributed by atoms with Crippen molar-refractivity contribution >= 4 is 23.4 Å². The van der Waals surface area contributed by atoms with Gasteiger partial charge in [-0.25, -0.2) is 8.78 Å². The van der Waals surface area contributed by atoms with Crippen LogP contribution < -0.4 is 5.32 Å². The number of hydrogen-bond acceptors (Lipinski definition) is 6. The van der Waals surface area contributed by atoms with E-state index in [4.69, 9.17) is 8.83 Å². The molecule has 0 saturated carbocycles. The minimum absolute atomic E-state index is 0.0953. The van der Waals surface area contributed by atoms with Gasteiger partial charge in [-0.05, 0) is 25.1 Å². The number of amides is 1. The van der Waals surface area contributed by atoms with Gasteiger partial charge in [0.1, 0.15) is 17.4 Å². The molecular formula is C15H11F2N3O3S. The molecule has 1 amide bonds. The van der Waals surface area contributed by atoms with Crippen LogP contribution in [0.1, 0.15) is 5.76 Å². The molecule has 0 aliphatic heterocycles. The number of nitrogens with one attached hydrogen (secondary N) is 1. The third-order valence-electron chi connectivity index (χ3n) is 3.02. The maximum atomic E-state index is 13.5. The van der Waals surface area contributed by atoms with E-state index < -0.39 is 17.5 Å². The van der Waals surface area contributed by atoms with E-state index in [1.165, 1.54) is 6.26 Å². The van der Waals surface area contributed by atoms with Crippen molar-refractivity contribution in [3.8, 4) is 11.5 Å². The SMILES string of the molecule is Cc1occc1-c1nnc(SCC(=O)Nc2cc(F)ccc2F)o1. The largest absolute Gasteiger partial charge is 0.469 e. The summed E-state index contributed by atoms with van der Waals surface area (Å²) in [4.78, 5) is 11.8. The van der Waals surface area contributed by atoms with Gasteiger partial charge in [0.05, 0.1) is 23.3 Å². The number of anilines is 1. The van der Waals surface area contributed by atoms with Crippen LogP contribution in [-0.2, 0) is 4.79 Å². The lowest BCUT2D eigenvalue weighted by Gasteiger charge is -2.05. The summed E-state index contributed by atoms with van der Waals surface area (Å²) in [6, 6.07) is 4.51. The molecular weight excluding hydrogens is 340 g/mol. The van der Waals surface area contributed by atoms with E-state index in [1.807, 2.05) is 0 Å². The fraction of sp³-hybridized carbons (Fsp3) is 0.133. The molecule has 24 heavy (non-hydrogen) atoms. The van der Waals surface area contributed by atoms with E-state index >= 15 is 0 Å². The van der Waals surface area contributed by atoms with Crippen molar-refractivity contribution in [2.45, 2.75) is 12.1 Å². The molecule has 0 fully saturated rings. The van der Waals surface area contributed by atoms with Crippen LogP contribution in [0.5, 0.6) is 0 Å². The van der Waals surface area contributed by atoms with Gasteiger partial charge in [-0.15, -0.1) is 10.2 Å². The van der Waals surface area contributed by atoms with Crippen molar-refractivity contribution in [3.05, 3.63) is 47.9 Å². The van der Waals surface area contributed by atoms with Crippen LogP contribution in [0.15, 0.2) is 44.6 Å². The second-order valence-electron chi connectivity index (χ2n) is 4.72. The Morgan fingerprint density at radius 2 is 2.12 bits per heavy atom. The molecule has 0 atom stereocenters. The Kier molecular flexibility index (Phi) is 4.61. The van der Waals surface area contributed by atoms with Gasteiger partial charge in [0.15, 0.2) is 0 Å². The van der Waals surface area contributed by atoms with Gasteiger partial charge in [-0.3, -0.25) is 4.79 Å². The van der Waals surface area contributed by atoms with E-state index in [0.717, 1.165) is 30.0 Å². The lowest BCUT2D eigenvalue weighted by molar-refractivity contribution is -0.113. The Hall–Kier alpha value is -2.68. The summed E-state index contributed by atoms with van der Waals surface area (Å²) >= 11 is 0.983. The molecule has 0 radical (unpaired) electrons. The number of aryl methyl sites for hydroxylation is 1. The van der Waals surface area contributed by atoms with Gasteiger partial charge in [0.25, 0.3) is 11.1 Å². The smallest absolute Gasteiger partial charge is 0.277 e. The number of halogens is 2. The lowest BCUT2D eigenvalue weighted by Crippen LogP contribution is -2.15. The molecule has 1 N–H and O–H groups in total. The number of furan rings is 1. The fourth-order valence-electron chi connectivity index (χ4n) is 1.89. The van der Waals surface area contributed by atoms with Crippen LogP contribution in [0.4, 0.5) is 14.5 Å². The molecule has 2 aromatic heterocycles. The standard InChI is InChI=1S/C15H11F2N3O3S/c1-8-10(4-5-22-8)14-19-20-15(23-14)24-7-13(21)18-12-6-9(16)2-3-11(12)17/h2-6H,7H2,1H3,(H,18,21). The van der Waals surface area contributed by atoms with Gasteiger partial charge >= 0.3 is 0 Å². The zero-order valence-corrected chi connectivity index (χ0v) is 13.2. The molecule has 2 heterocycles. The predicted octanol–water partition coefficient (Wildman–Crippen LogP) is 3.65. The van der Waals surface area contributed by atoms with Crippen LogP contribution in [-0.4, -0.2) is 21.9 Å². The van der Waals surface area contributed by atoms with Gasteiger partial charge in [0.2, 0.25) is 5.91 Å². The first-order valence-corrected chi connectivity index (χ1v) is 7.77. The number of aromatic nitrogens is 2. The third kappa shape index (κ3) is 3.62. The second-order valence-corrected chi connectivity index (χ2v) is 5.65. The molecule has 1 aromatic carbocycles. The van der Waals surface area contributed by atoms with Crippen LogP contribution in [0, 0.1) is 18.6 Å². The highest BCUT2D eigenvalue weighted by Gasteiger charge is 2.15. The molecule has 0 aliphatic rings. The van der Waals surface area contributed by atoms with Crippen molar-refractivity contribution in [2.75, 3.05) is 11.1 Å². The molecule has 124 valence electrons. The van der Waals surface area contributed by atoms with Crippen LogP contribution >= 0.6 is 11.8 Å². The van der Waals surface area contributed by atoms with Crippen LogP contribution in [0.2, 0.25) is 0 Å². The minimum atomic E-state index is -0.717. The van der Waals surface area contributed by atoms with Gasteiger partial charge in [0, 0.05) is 6.07 Å². The summed E-state index contributed by atoms with van der Waals surface area (Å²) in [5.41, 5.74) is 0.446. The molecule has 9 heteroatoms. The number of carbonyl (C=O) groups excluding carboxylic acids is 1. The Bertz CT molecular complexity index is 878. The Morgan fingerprint density at radius 1 is 1.29 bits per heavy atom. The summed E-state index contributed by atoms with van der Waals surface area (Å²) in [5.74, 6) is -1.07. The normalized spacial score (nSPS) is 10.8. The average molecular weight is 351 g/mol. The summed E-state index contributed by atoms with van der Waals surface area (Å²) in [6.45, 7) is 1.76. The Morgan fingerprint density at radius 3 is 2.88 bits per heavy atom. The molecule has 0 bridgehead atoms. The molecule has 0 saturated heterocycles. The molecule has 3 aromatic rings. The fourth-order valence-corrected chi connectivity index (χ4v) is 2.45. The highest BCUT2D eigenvalue weighted by molar-refractivity contribution is 7.99. The van der Waals surface area contributed by atoms with Crippen LogP contribution in [0.3, 0.4) is 0 Å².